The third kappa shape index (κ3) is 5.06. The number of carboxylic acids is 1. The number of amides is 2. The van der Waals surface area contributed by atoms with Crippen LogP contribution in [-0.2, 0) is 11.3 Å². The van der Waals surface area contributed by atoms with Gasteiger partial charge < -0.3 is 15.7 Å². The summed E-state index contributed by atoms with van der Waals surface area (Å²) in [7, 11) is 0. The summed E-state index contributed by atoms with van der Waals surface area (Å²) in [4.78, 5) is 21.8. The first-order valence-electron chi connectivity index (χ1n) is 7.08. The molecule has 6 heteroatoms. The zero-order chi connectivity index (χ0) is 15.2. The van der Waals surface area contributed by atoms with Crippen molar-refractivity contribution < 1.29 is 19.1 Å². The van der Waals surface area contributed by atoms with Gasteiger partial charge in [-0.25, -0.2) is 9.18 Å². The highest BCUT2D eigenvalue weighted by Gasteiger charge is 2.24. The zero-order valence-corrected chi connectivity index (χ0v) is 11.7. The Balaban J connectivity index is 1.72. The minimum absolute atomic E-state index is 0.0114. The second-order valence-electron chi connectivity index (χ2n) is 5.23. The van der Waals surface area contributed by atoms with Gasteiger partial charge >= 0.3 is 12.0 Å². The first kappa shape index (κ1) is 15.3. The number of aliphatic carboxylic acids is 1. The van der Waals surface area contributed by atoms with Crippen LogP contribution in [0.25, 0.3) is 0 Å². The van der Waals surface area contributed by atoms with Crippen molar-refractivity contribution >= 4 is 12.0 Å². The number of carbonyl (C=O) groups is 2. The summed E-state index contributed by atoms with van der Waals surface area (Å²) >= 11 is 0. The molecule has 0 aliphatic heterocycles. The molecule has 21 heavy (non-hydrogen) atoms. The van der Waals surface area contributed by atoms with Gasteiger partial charge in [-0.2, -0.15) is 0 Å². The molecule has 114 valence electrons. The van der Waals surface area contributed by atoms with E-state index in [1.54, 1.807) is 12.1 Å². The molecule has 1 aliphatic rings. The van der Waals surface area contributed by atoms with Gasteiger partial charge in [-0.05, 0) is 36.8 Å². The molecule has 3 N–H and O–H groups in total. The topological polar surface area (TPSA) is 78.4 Å². The molecule has 5 nitrogen and oxygen atoms in total. The highest BCUT2D eigenvalue weighted by molar-refractivity contribution is 5.73. The van der Waals surface area contributed by atoms with Crippen LogP contribution in [0.3, 0.4) is 0 Å². The Bertz CT molecular complexity index is 530. The van der Waals surface area contributed by atoms with Crippen LogP contribution in [-0.4, -0.2) is 23.7 Å². The normalized spacial score (nSPS) is 13.8. The van der Waals surface area contributed by atoms with Gasteiger partial charge in [0.15, 0.2) is 0 Å². The average Bonchev–Trinajstić information content (AvgIpc) is 3.26. The van der Waals surface area contributed by atoms with Gasteiger partial charge in [0, 0.05) is 25.1 Å². The summed E-state index contributed by atoms with van der Waals surface area (Å²) in [5.41, 5.74) is 1.47. The van der Waals surface area contributed by atoms with Crippen LogP contribution in [0.2, 0.25) is 0 Å². The standard InChI is InChI=1S/C15H19FN2O3/c16-13-8-11(10-3-4-10)5-6-12(13)9-18-15(21)17-7-1-2-14(19)20/h5-6,8,10H,1-4,7,9H2,(H,19,20)(H2,17,18,21). The molecule has 1 aliphatic carbocycles. The fourth-order valence-corrected chi connectivity index (χ4v) is 2.06. The van der Waals surface area contributed by atoms with Crippen LogP contribution in [0.5, 0.6) is 0 Å². The monoisotopic (exact) mass is 294 g/mol. The Morgan fingerprint density at radius 2 is 2.05 bits per heavy atom. The molecule has 0 saturated heterocycles. The summed E-state index contributed by atoms with van der Waals surface area (Å²) < 4.78 is 13.8. The van der Waals surface area contributed by atoms with E-state index < -0.39 is 12.0 Å². The van der Waals surface area contributed by atoms with Crippen LogP contribution < -0.4 is 10.6 Å². The molecule has 0 aromatic heterocycles. The van der Waals surface area contributed by atoms with Gasteiger partial charge in [0.05, 0.1) is 0 Å². The summed E-state index contributed by atoms with van der Waals surface area (Å²) in [5, 5.41) is 13.5. The van der Waals surface area contributed by atoms with Gasteiger partial charge in [-0.1, -0.05) is 12.1 Å². The summed E-state index contributed by atoms with van der Waals surface area (Å²) in [6.07, 6.45) is 2.62. The Morgan fingerprint density at radius 3 is 2.67 bits per heavy atom. The van der Waals surface area contributed by atoms with Crippen LogP contribution in [0.1, 0.15) is 42.7 Å². The number of benzene rings is 1. The van der Waals surface area contributed by atoms with Gasteiger partial charge in [-0.3, -0.25) is 4.79 Å². The predicted octanol–water partition coefficient (Wildman–Crippen LogP) is 2.37. The van der Waals surface area contributed by atoms with E-state index in [4.69, 9.17) is 5.11 Å². The van der Waals surface area contributed by atoms with Crippen LogP contribution in [0.15, 0.2) is 18.2 Å². The quantitative estimate of drug-likeness (QED) is 0.676. The maximum absolute atomic E-state index is 13.8. The Hall–Kier alpha value is -2.11. The van der Waals surface area contributed by atoms with Crippen molar-refractivity contribution in [2.45, 2.75) is 38.1 Å². The van der Waals surface area contributed by atoms with Crippen molar-refractivity contribution in [2.24, 2.45) is 0 Å². The smallest absolute Gasteiger partial charge is 0.315 e. The molecule has 1 saturated carbocycles. The van der Waals surface area contributed by atoms with Crippen LogP contribution in [0, 0.1) is 5.82 Å². The first-order valence-corrected chi connectivity index (χ1v) is 7.08. The van der Waals surface area contributed by atoms with Crippen molar-refractivity contribution in [2.75, 3.05) is 6.54 Å². The largest absolute Gasteiger partial charge is 0.481 e. The molecule has 1 aromatic carbocycles. The molecule has 2 rings (SSSR count). The molecular formula is C15H19FN2O3. The minimum atomic E-state index is -0.893. The minimum Gasteiger partial charge on any atom is -0.481 e. The lowest BCUT2D eigenvalue weighted by atomic mass is 10.1. The van der Waals surface area contributed by atoms with Gasteiger partial charge in [0.2, 0.25) is 0 Å². The van der Waals surface area contributed by atoms with E-state index in [2.05, 4.69) is 10.6 Å². The van der Waals surface area contributed by atoms with Crippen molar-refractivity contribution in [1.82, 2.24) is 10.6 Å². The van der Waals surface area contributed by atoms with E-state index in [0.29, 0.717) is 17.9 Å². The van der Waals surface area contributed by atoms with E-state index in [0.717, 1.165) is 18.4 Å². The number of urea groups is 1. The predicted molar refractivity (Wildman–Crippen MR) is 75.5 cm³/mol. The molecule has 0 spiro atoms. The zero-order valence-electron chi connectivity index (χ0n) is 11.7. The second-order valence-corrected chi connectivity index (χ2v) is 5.23. The Morgan fingerprint density at radius 1 is 1.29 bits per heavy atom. The lowest BCUT2D eigenvalue weighted by Crippen LogP contribution is -2.35. The highest BCUT2D eigenvalue weighted by atomic mass is 19.1. The van der Waals surface area contributed by atoms with Crippen molar-refractivity contribution in [3.8, 4) is 0 Å². The van der Waals surface area contributed by atoms with E-state index in [-0.39, 0.29) is 25.3 Å². The molecule has 1 aromatic rings. The summed E-state index contributed by atoms with van der Waals surface area (Å²) in [6, 6.07) is 4.72. The number of carbonyl (C=O) groups excluding carboxylic acids is 1. The maximum Gasteiger partial charge on any atom is 0.315 e. The molecular weight excluding hydrogens is 275 g/mol. The van der Waals surface area contributed by atoms with Gasteiger partial charge in [-0.15, -0.1) is 0 Å². The number of nitrogens with one attached hydrogen (secondary N) is 2. The van der Waals surface area contributed by atoms with Crippen molar-refractivity contribution in [3.63, 3.8) is 0 Å². The third-order valence-corrected chi connectivity index (χ3v) is 3.42. The lowest BCUT2D eigenvalue weighted by molar-refractivity contribution is -0.137. The van der Waals surface area contributed by atoms with E-state index in [1.165, 1.54) is 0 Å². The number of hydrogen-bond acceptors (Lipinski definition) is 2. The van der Waals surface area contributed by atoms with E-state index in [9.17, 15) is 14.0 Å². The molecule has 0 bridgehead atoms. The van der Waals surface area contributed by atoms with E-state index >= 15 is 0 Å². The number of carboxylic acid groups (broad SMARTS) is 1. The number of rotatable bonds is 7. The average molecular weight is 294 g/mol. The Kier molecular flexibility index (Phi) is 5.14. The fourth-order valence-electron chi connectivity index (χ4n) is 2.06. The number of hydrogen-bond donors (Lipinski definition) is 3. The van der Waals surface area contributed by atoms with Crippen LogP contribution >= 0.6 is 0 Å². The maximum atomic E-state index is 13.8. The Labute approximate surface area is 122 Å². The highest BCUT2D eigenvalue weighted by Crippen LogP contribution is 2.40. The van der Waals surface area contributed by atoms with Gasteiger partial charge in [0.1, 0.15) is 5.82 Å². The van der Waals surface area contributed by atoms with Gasteiger partial charge in [0.25, 0.3) is 0 Å². The third-order valence-electron chi connectivity index (χ3n) is 3.42. The fraction of sp³-hybridized carbons (Fsp3) is 0.467. The SMILES string of the molecule is O=C(O)CCCNC(=O)NCc1ccc(C2CC2)cc1F. The van der Waals surface area contributed by atoms with Crippen molar-refractivity contribution in [3.05, 3.63) is 35.1 Å². The lowest BCUT2D eigenvalue weighted by Gasteiger charge is -2.09. The molecule has 0 heterocycles. The van der Waals surface area contributed by atoms with Crippen molar-refractivity contribution in [1.29, 1.82) is 0 Å². The molecule has 0 atom stereocenters. The van der Waals surface area contributed by atoms with Crippen LogP contribution in [0.4, 0.5) is 9.18 Å². The van der Waals surface area contributed by atoms with E-state index in [1.807, 2.05) is 6.07 Å². The summed E-state index contributed by atoms with van der Waals surface area (Å²) in [6.45, 7) is 0.392. The molecule has 0 unspecified atom stereocenters. The number of halogens is 1. The first-order chi connectivity index (χ1) is 10.1. The summed E-state index contributed by atoms with van der Waals surface area (Å²) in [5.74, 6) is -0.695. The molecule has 0 radical (unpaired) electrons. The molecule has 1 fully saturated rings. The second kappa shape index (κ2) is 7.06. The molecule has 2 amide bonds.